The van der Waals surface area contributed by atoms with Crippen molar-refractivity contribution in [1.82, 2.24) is 4.41 Å². The molecule has 0 saturated heterocycles. The Kier molecular flexibility index (Phi) is 5.85. The molecular formula is C19H23N3O5S2. The molecule has 1 aliphatic heterocycles. The summed E-state index contributed by atoms with van der Waals surface area (Å²) >= 11 is 0. The maximum absolute atomic E-state index is 12.6. The molecule has 1 heterocycles. The predicted octanol–water partition coefficient (Wildman–Crippen LogP) is 2.57. The van der Waals surface area contributed by atoms with Gasteiger partial charge < -0.3 is 4.74 Å². The van der Waals surface area contributed by atoms with E-state index in [2.05, 4.69) is 9.82 Å². The van der Waals surface area contributed by atoms with Gasteiger partial charge in [0.1, 0.15) is 5.75 Å². The van der Waals surface area contributed by atoms with Crippen molar-refractivity contribution < 1.29 is 21.6 Å². The van der Waals surface area contributed by atoms with Gasteiger partial charge in [0.05, 0.1) is 30.9 Å². The lowest BCUT2D eigenvalue weighted by Crippen LogP contribution is -2.28. The van der Waals surface area contributed by atoms with Crippen molar-refractivity contribution in [2.45, 2.75) is 19.4 Å². The summed E-state index contributed by atoms with van der Waals surface area (Å²) in [6, 6.07) is 13.5. The van der Waals surface area contributed by atoms with Crippen molar-refractivity contribution in [2.75, 3.05) is 23.8 Å². The Morgan fingerprint density at radius 1 is 1.07 bits per heavy atom. The van der Waals surface area contributed by atoms with Gasteiger partial charge in [0.15, 0.2) is 0 Å². The van der Waals surface area contributed by atoms with Gasteiger partial charge in [-0.05, 0) is 42.3 Å². The highest BCUT2D eigenvalue weighted by atomic mass is 32.2. The first kappa shape index (κ1) is 21.1. The van der Waals surface area contributed by atoms with E-state index in [1.165, 1.54) is 4.41 Å². The molecule has 0 aliphatic carbocycles. The van der Waals surface area contributed by atoms with E-state index in [1.807, 2.05) is 12.1 Å². The maximum Gasteiger partial charge on any atom is 0.250 e. The van der Waals surface area contributed by atoms with Crippen LogP contribution in [-0.2, 0) is 20.0 Å². The molecule has 10 heteroatoms. The summed E-state index contributed by atoms with van der Waals surface area (Å²) in [7, 11) is -5.36. The van der Waals surface area contributed by atoms with Gasteiger partial charge in [-0.2, -0.15) is 9.52 Å². The van der Waals surface area contributed by atoms with E-state index in [0.717, 1.165) is 17.4 Å². The zero-order valence-electron chi connectivity index (χ0n) is 16.4. The number of hydrogen-bond donors (Lipinski definition) is 1. The fourth-order valence-electron chi connectivity index (χ4n) is 3.07. The lowest BCUT2D eigenvalue weighted by atomic mass is 9.99. The lowest BCUT2D eigenvalue weighted by molar-refractivity contribution is 0.371. The van der Waals surface area contributed by atoms with Crippen LogP contribution in [0, 0.1) is 0 Å². The highest BCUT2D eigenvalue weighted by Crippen LogP contribution is 2.35. The van der Waals surface area contributed by atoms with Gasteiger partial charge in [0.25, 0.3) is 0 Å². The minimum atomic E-state index is -3.56. The van der Waals surface area contributed by atoms with Crippen LogP contribution in [0.3, 0.4) is 0 Å². The Balaban J connectivity index is 1.92. The molecule has 0 unspecified atom stereocenters. The average Bonchev–Trinajstić information content (AvgIpc) is 3.14. The van der Waals surface area contributed by atoms with E-state index in [0.29, 0.717) is 23.6 Å². The summed E-state index contributed by atoms with van der Waals surface area (Å²) < 4.78 is 56.7. The van der Waals surface area contributed by atoms with Crippen molar-refractivity contribution >= 4 is 31.4 Å². The zero-order chi connectivity index (χ0) is 21.2. The van der Waals surface area contributed by atoms with Crippen LogP contribution >= 0.6 is 0 Å². The number of nitrogens with zero attached hydrogens (tertiary/aromatic N) is 2. The first-order valence-corrected chi connectivity index (χ1v) is 12.4. The number of rotatable bonds is 7. The Bertz CT molecular complexity index is 1110. The Hall–Kier alpha value is -2.59. The number of methoxy groups -OCH3 is 1. The van der Waals surface area contributed by atoms with Crippen molar-refractivity contribution in [1.29, 1.82) is 0 Å². The number of hydrogen-bond acceptors (Lipinski definition) is 6. The molecule has 8 nitrogen and oxygen atoms in total. The fraction of sp³-hybridized carbons (Fsp3) is 0.316. The monoisotopic (exact) mass is 437 g/mol. The highest BCUT2D eigenvalue weighted by Gasteiger charge is 2.35. The minimum absolute atomic E-state index is 0.0619. The quantitative estimate of drug-likeness (QED) is 0.717. The molecule has 0 saturated carbocycles. The van der Waals surface area contributed by atoms with Crippen LogP contribution in [0.4, 0.5) is 5.69 Å². The molecule has 0 aromatic heterocycles. The van der Waals surface area contributed by atoms with E-state index in [4.69, 9.17) is 4.74 Å². The van der Waals surface area contributed by atoms with E-state index in [9.17, 15) is 16.8 Å². The molecule has 0 bridgehead atoms. The largest absolute Gasteiger partial charge is 0.497 e. The minimum Gasteiger partial charge on any atom is -0.497 e. The molecule has 0 amide bonds. The molecule has 156 valence electrons. The highest BCUT2D eigenvalue weighted by molar-refractivity contribution is 7.92. The number of benzene rings is 2. The Labute approximate surface area is 171 Å². The van der Waals surface area contributed by atoms with E-state index in [1.54, 1.807) is 50.4 Å². The van der Waals surface area contributed by atoms with Crippen molar-refractivity contribution in [3.63, 3.8) is 0 Å². The van der Waals surface area contributed by atoms with Gasteiger partial charge in [-0.25, -0.2) is 16.8 Å². The van der Waals surface area contributed by atoms with Crippen LogP contribution in [-0.4, -0.2) is 46.1 Å². The molecule has 3 rings (SSSR count). The van der Waals surface area contributed by atoms with Crippen molar-refractivity contribution in [3.05, 3.63) is 59.7 Å². The summed E-state index contributed by atoms with van der Waals surface area (Å²) in [5.74, 6) is 0.625. The third-order valence-corrected chi connectivity index (χ3v) is 6.79. The smallest absolute Gasteiger partial charge is 0.250 e. The van der Waals surface area contributed by atoms with E-state index in [-0.39, 0.29) is 5.75 Å². The van der Waals surface area contributed by atoms with Gasteiger partial charge in [-0.15, -0.1) is 0 Å². The van der Waals surface area contributed by atoms with Gasteiger partial charge >= 0.3 is 0 Å². The summed E-state index contributed by atoms with van der Waals surface area (Å²) in [4.78, 5) is 0. The summed E-state index contributed by atoms with van der Waals surface area (Å²) in [5.41, 5.74) is 2.60. The molecule has 1 aliphatic rings. The van der Waals surface area contributed by atoms with Crippen LogP contribution in [0.1, 0.15) is 30.5 Å². The Morgan fingerprint density at radius 2 is 1.69 bits per heavy atom. The summed E-state index contributed by atoms with van der Waals surface area (Å²) in [6.45, 7) is 1.58. The van der Waals surface area contributed by atoms with Crippen molar-refractivity contribution in [3.8, 4) is 5.75 Å². The van der Waals surface area contributed by atoms with Crippen LogP contribution in [0.5, 0.6) is 5.75 Å². The van der Waals surface area contributed by atoms with E-state index < -0.39 is 26.1 Å². The standard InChI is InChI=1S/C19H23N3O5S2/c1-4-29(25,26)22-19(15-7-11-17(27-2)12-8-15)13-18(20-22)14-5-9-16(10-6-14)21-28(3,23)24/h5-12,19,21H,4,13H2,1-3H3/t19-/m1/s1. The third kappa shape index (κ3) is 4.88. The van der Waals surface area contributed by atoms with Crippen LogP contribution in [0.2, 0.25) is 0 Å². The molecule has 1 N–H and O–H groups in total. The lowest BCUT2D eigenvalue weighted by Gasteiger charge is -2.22. The van der Waals surface area contributed by atoms with Crippen molar-refractivity contribution in [2.24, 2.45) is 5.10 Å². The first-order chi connectivity index (χ1) is 13.6. The van der Waals surface area contributed by atoms with E-state index >= 15 is 0 Å². The molecule has 2 aromatic carbocycles. The molecule has 2 aromatic rings. The second-order valence-corrected chi connectivity index (χ2v) is 10.5. The summed E-state index contributed by atoms with van der Waals surface area (Å²) in [5, 5.41) is 4.40. The fourth-order valence-corrected chi connectivity index (χ4v) is 4.71. The molecule has 0 fully saturated rings. The Morgan fingerprint density at radius 3 is 2.21 bits per heavy atom. The van der Waals surface area contributed by atoms with Crippen LogP contribution in [0.25, 0.3) is 0 Å². The molecular weight excluding hydrogens is 414 g/mol. The van der Waals surface area contributed by atoms with Gasteiger partial charge in [-0.3, -0.25) is 4.72 Å². The van der Waals surface area contributed by atoms with Gasteiger partial charge in [-0.1, -0.05) is 24.3 Å². The molecule has 1 atom stereocenters. The maximum atomic E-state index is 12.6. The van der Waals surface area contributed by atoms with Gasteiger partial charge in [0, 0.05) is 12.1 Å². The second kappa shape index (κ2) is 8.03. The second-order valence-electron chi connectivity index (χ2n) is 6.66. The predicted molar refractivity (Wildman–Crippen MR) is 113 cm³/mol. The first-order valence-electron chi connectivity index (χ1n) is 8.94. The summed E-state index contributed by atoms with van der Waals surface area (Å²) in [6.07, 6.45) is 1.49. The average molecular weight is 438 g/mol. The van der Waals surface area contributed by atoms with Gasteiger partial charge in [0.2, 0.25) is 20.0 Å². The van der Waals surface area contributed by atoms with Crippen LogP contribution < -0.4 is 9.46 Å². The number of ether oxygens (including phenoxy) is 1. The number of hydrazone groups is 1. The normalized spacial score (nSPS) is 17.1. The molecule has 29 heavy (non-hydrogen) atoms. The third-order valence-electron chi connectivity index (χ3n) is 4.54. The topological polar surface area (TPSA) is 105 Å². The number of nitrogens with one attached hydrogen (secondary N) is 1. The molecule has 0 radical (unpaired) electrons. The zero-order valence-corrected chi connectivity index (χ0v) is 18.0. The number of sulfonamides is 2. The number of anilines is 1. The SMILES string of the molecule is CCS(=O)(=O)N1N=C(c2ccc(NS(C)(=O)=O)cc2)C[C@@H]1c1ccc(OC)cc1. The molecule has 0 spiro atoms. The van der Waals surface area contributed by atoms with Crippen LogP contribution in [0.15, 0.2) is 53.6 Å².